The summed E-state index contributed by atoms with van der Waals surface area (Å²) in [5.74, 6) is -0.572. The minimum absolute atomic E-state index is 0.0815. The van der Waals surface area contributed by atoms with Crippen LogP contribution in [0.1, 0.15) is 34.6 Å². The maximum atomic E-state index is 6.83. The Kier molecular flexibility index (Phi) is 6.71. The van der Waals surface area contributed by atoms with E-state index >= 15 is 0 Å². The zero-order valence-corrected chi connectivity index (χ0v) is 19.7. The van der Waals surface area contributed by atoms with Crippen molar-refractivity contribution in [3.8, 4) is 0 Å². The highest BCUT2D eigenvalue weighted by molar-refractivity contribution is 6.99. The van der Waals surface area contributed by atoms with Crippen molar-refractivity contribution in [3.05, 3.63) is 71.8 Å². The van der Waals surface area contributed by atoms with E-state index in [2.05, 4.69) is 69.3 Å². The fourth-order valence-corrected chi connectivity index (χ4v) is 8.80. The summed E-state index contributed by atoms with van der Waals surface area (Å²) >= 11 is 6.61. The molecular weight excluding hydrogens is 400 g/mol. The second-order valence-corrected chi connectivity index (χ2v) is 13.7. The highest BCUT2D eigenvalue weighted by Crippen LogP contribution is 2.37. The molecule has 0 saturated carbocycles. The molecule has 1 aliphatic heterocycles. The Bertz CT molecular complexity index is 789. The summed E-state index contributed by atoms with van der Waals surface area (Å²) in [4.78, 5) is 0. The van der Waals surface area contributed by atoms with E-state index in [1.807, 2.05) is 32.1 Å². The van der Waals surface area contributed by atoms with Crippen molar-refractivity contribution in [1.29, 1.82) is 0 Å². The second-order valence-electron chi connectivity index (χ2n) is 8.93. The van der Waals surface area contributed by atoms with E-state index in [1.54, 1.807) is 0 Å². The zero-order chi connectivity index (χ0) is 21.1. The SMILES string of the molecule is CC1(C)OC[C@H](/C=C(/Cl)CO[Si](c2ccccc2)(c2ccccc2)C(C)(C)C)O1. The zero-order valence-electron chi connectivity index (χ0n) is 17.9. The van der Waals surface area contributed by atoms with E-state index in [0.29, 0.717) is 18.2 Å². The van der Waals surface area contributed by atoms with E-state index in [4.69, 9.17) is 25.5 Å². The average molecular weight is 431 g/mol. The molecule has 1 heterocycles. The summed E-state index contributed by atoms with van der Waals surface area (Å²) < 4.78 is 18.3. The van der Waals surface area contributed by atoms with Gasteiger partial charge in [0.2, 0.25) is 0 Å². The molecule has 156 valence electrons. The van der Waals surface area contributed by atoms with E-state index in [-0.39, 0.29) is 11.1 Å². The predicted molar refractivity (Wildman–Crippen MR) is 122 cm³/mol. The molecule has 2 aromatic carbocycles. The monoisotopic (exact) mass is 430 g/mol. The fourth-order valence-electron chi connectivity index (χ4n) is 3.99. The lowest BCUT2D eigenvalue weighted by Gasteiger charge is -2.43. The first-order chi connectivity index (χ1) is 13.6. The molecule has 1 saturated heterocycles. The van der Waals surface area contributed by atoms with Gasteiger partial charge in [-0.15, -0.1) is 0 Å². The first-order valence-electron chi connectivity index (χ1n) is 10.1. The Morgan fingerprint density at radius 1 is 1.07 bits per heavy atom. The summed E-state index contributed by atoms with van der Waals surface area (Å²) in [5, 5.41) is 3.04. The van der Waals surface area contributed by atoms with Gasteiger partial charge in [0.15, 0.2) is 5.79 Å². The van der Waals surface area contributed by atoms with Gasteiger partial charge in [-0.25, -0.2) is 0 Å². The molecule has 3 nitrogen and oxygen atoms in total. The molecular formula is C24H31ClO3Si. The third kappa shape index (κ3) is 5.01. The maximum Gasteiger partial charge on any atom is 0.261 e. The highest BCUT2D eigenvalue weighted by atomic mass is 35.5. The van der Waals surface area contributed by atoms with E-state index in [0.717, 1.165) is 0 Å². The number of ether oxygens (including phenoxy) is 2. The van der Waals surface area contributed by atoms with Crippen LogP contribution in [0.25, 0.3) is 0 Å². The Morgan fingerprint density at radius 3 is 2.00 bits per heavy atom. The van der Waals surface area contributed by atoms with Crippen molar-refractivity contribution in [1.82, 2.24) is 0 Å². The molecule has 3 rings (SSSR count). The molecule has 5 heteroatoms. The largest absolute Gasteiger partial charge is 0.402 e. The molecule has 0 radical (unpaired) electrons. The van der Waals surface area contributed by atoms with Crippen LogP contribution in [0, 0.1) is 0 Å². The topological polar surface area (TPSA) is 27.7 Å². The molecule has 0 amide bonds. The Balaban J connectivity index is 1.94. The Labute approximate surface area is 180 Å². The molecule has 29 heavy (non-hydrogen) atoms. The number of hydrogen-bond acceptors (Lipinski definition) is 3. The highest BCUT2D eigenvalue weighted by Gasteiger charge is 2.50. The minimum Gasteiger partial charge on any atom is -0.402 e. The third-order valence-corrected chi connectivity index (χ3v) is 10.5. The van der Waals surface area contributed by atoms with Crippen molar-refractivity contribution in [2.75, 3.05) is 13.2 Å². The predicted octanol–water partition coefficient (Wildman–Crippen LogP) is 4.84. The first-order valence-corrected chi connectivity index (χ1v) is 12.4. The molecule has 1 atom stereocenters. The quantitative estimate of drug-likeness (QED) is 0.614. The van der Waals surface area contributed by atoms with Crippen molar-refractivity contribution < 1.29 is 13.9 Å². The van der Waals surface area contributed by atoms with Gasteiger partial charge in [0.1, 0.15) is 6.10 Å². The van der Waals surface area contributed by atoms with Crippen LogP contribution in [-0.4, -0.2) is 33.4 Å². The molecule has 0 unspecified atom stereocenters. The van der Waals surface area contributed by atoms with E-state index < -0.39 is 14.1 Å². The smallest absolute Gasteiger partial charge is 0.261 e. The Morgan fingerprint density at radius 2 is 1.59 bits per heavy atom. The average Bonchev–Trinajstić information content (AvgIpc) is 3.01. The Hall–Kier alpha value is -1.43. The van der Waals surface area contributed by atoms with E-state index in [1.165, 1.54) is 10.4 Å². The lowest BCUT2D eigenvalue weighted by Crippen LogP contribution is -2.66. The first kappa shape index (κ1) is 22.3. The maximum absolute atomic E-state index is 6.83. The number of hydrogen-bond donors (Lipinski definition) is 0. The normalized spacial score (nSPS) is 20.1. The third-order valence-electron chi connectivity index (χ3n) is 5.24. The van der Waals surface area contributed by atoms with Gasteiger partial charge in [-0.3, -0.25) is 0 Å². The molecule has 1 aliphatic rings. The molecule has 2 aromatic rings. The summed E-state index contributed by atoms with van der Waals surface area (Å²) in [6.07, 6.45) is 1.76. The van der Waals surface area contributed by atoms with Gasteiger partial charge >= 0.3 is 0 Å². The lowest BCUT2D eigenvalue weighted by molar-refractivity contribution is -0.133. The van der Waals surface area contributed by atoms with Crippen molar-refractivity contribution in [2.45, 2.75) is 51.5 Å². The van der Waals surface area contributed by atoms with Crippen molar-refractivity contribution in [3.63, 3.8) is 0 Å². The number of rotatable bonds is 6. The molecule has 1 fully saturated rings. The summed E-state index contributed by atoms with van der Waals surface area (Å²) in [7, 11) is -2.59. The minimum atomic E-state index is -2.59. The molecule has 0 aromatic heterocycles. The van der Waals surface area contributed by atoms with Gasteiger partial charge in [0.25, 0.3) is 8.32 Å². The van der Waals surface area contributed by atoms with Gasteiger partial charge in [-0.1, -0.05) is 93.0 Å². The van der Waals surface area contributed by atoms with Crippen LogP contribution in [0.4, 0.5) is 0 Å². The van der Waals surface area contributed by atoms with Crippen LogP contribution in [0.2, 0.25) is 5.04 Å². The molecule has 0 aliphatic carbocycles. The van der Waals surface area contributed by atoms with Crippen LogP contribution in [-0.2, 0) is 13.9 Å². The van der Waals surface area contributed by atoms with Crippen molar-refractivity contribution >= 4 is 30.3 Å². The van der Waals surface area contributed by atoms with Gasteiger partial charge in [-0.2, -0.15) is 0 Å². The fraction of sp³-hybridized carbons (Fsp3) is 0.417. The molecule has 0 spiro atoms. The van der Waals surface area contributed by atoms with Crippen LogP contribution in [0.15, 0.2) is 71.8 Å². The number of benzene rings is 2. The van der Waals surface area contributed by atoms with E-state index in [9.17, 15) is 0 Å². The standard InChI is InChI=1S/C24H31ClO3Si/c1-23(2,3)29(21-12-8-6-9-13-21,22-14-10-7-11-15-22)27-17-19(25)16-20-18-26-24(4,5)28-20/h6-16,20H,17-18H2,1-5H3/b19-16+/t20-/m0/s1. The van der Waals surface area contributed by atoms with Crippen LogP contribution in [0.5, 0.6) is 0 Å². The summed E-state index contributed by atoms with van der Waals surface area (Å²) in [5.41, 5.74) is 0. The van der Waals surface area contributed by atoms with Crippen molar-refractivity contribution in [2.24, 2.45) is 0 Å². The molecule has 0 N–H and O–H groups in total. The summed E-state index contributed by atoms with van der Waals surface area (Å²) in [6.45, 7) is 11.4. The van der Waals surface area contributed by atoms with Gasteiger partial charge in [0.05, 0.1) is 13.2 Å². The van der Waals surface area contributed by atoms with Crippen LogP contribution < -0.4 is 10.4 Å². The van der Waals surface area contributed by atoms with Gasteiger partial charge in [0, 0.05) is 5.03 Å². The lowest BCUT2D eigenvalue weighted by atomic mass is 10.2. The van der Waals surface area contributed by atoms with Gasteiger partial charge in [-0.05, 0) is 35.3 Å². The van der Waals surface area contributed by atoms with Gasteiger partial charge < -0.3 is 13.9 Å². The second kappa shape index (κ2) is 8.74. The summed E-state index contributed by atoms with van der Waals surface area (Å²) in [6, 6.07) is 21.1. The molecule has 0 bridgehead atoms. The number of halogens is 1. The van der Waals surface area contributed by atoms with Crippen LogP contribution in [0.3, 0.4) is 0 Å². The van der Waals surface area contributed by atoms with Crippen LogP contribution >= 0.6 is 11.6 Å².